The molecule has 2 heteroatoms. The second kappa shape index (κ2) is 15.7. The third kappa shape index (κ3) is 19.0. The normalized spacial score (nSPS) is 6.33. The second-order valence-electron chi connectivity index (χ2n) is 1.08. The first-order valence-electron chi connectivity index (χ1n) is 3.10. The van der Waals surface area contributed by atoms with Gasteiger partial charge in [-0.3, -0.25) is 0 Å². The summed E-state index contributed by atoms with van der Waals surface area (Å²) in [5.74, 6) is 0. The van der Waals surface area contributed by atoms with E-state index < -0.39 is 0 Å². The summed E-state index contributed by atoms with van der Waals surface area (Å²) in [4.78, 5) is 0. The van der Waals surface area contributed by atoms with Gasteiger partial charge in [0.25, 0.3) is 0 Å². The van der Waals surface area contributed by atoms with Gasteiger partial charge >= 0.3 is 0 Å². The van der Waals surface area contributed by atoms with Gasteiger partial charge in [0.2, 0.25) is 0 Å². The predicted octanol–water partition coefficient (Wildman–Crippen LogP) is 1.31. The van der Waals surface area contributed by atoms with Gasteiger partial charge in [-0.25, -0.2) is 0 Å². The van der Waals surface area contributed by atoms with Crippen LogP contribution < -0.4 is 5.32 Å². The smallest absolute Gasteiger partial charge is 0.0843 e. The third-order valence-electron chi connectivity index (χ3n) is 0.493. The van der Waals surface area contributed by atoms with Crippen molar-refractivity contribution in [2.24, 2.45) is 0 Å². The highest BCUT2D eigenvalue weighted by Gasteiger charge is 1.72. The van der Waals surface area contributed by atoms with Crippen molar-refractivity contribution in [3.8, 4) is 6.07 Å². The van der Waals surface area contributed by atoms with Crippen molar-refractivity contribution < 1.29 is 0 Å². The second-order valence-corrected chi connectivity index (χ2v) is 1.08. The molecule has 2 nitrogen and oxygen atoms in total. The molecule has 0 fully saturated rings. The van der Waals surface area contributed by atoms with Crippen LogP contribution in [0.1, 0.15) is 13.8 Å². The van der Waals surface area contributed by atoms with Crippen molar-refractivity contribution in [1.29, 1.82) is 5.26 Å². The van der Waals surface area contributed by atoms with E-state index in [1.54, 1.807) is 6.08 Å². The van der Waals surface area contributed by atoms with E-state index in [-0.39, 0.29) is 0 Å². The van der Waals surface area contributed by atoms with Gasteiger partial charge in [-0.05, 0) is 0 Å². The topological polar surface area (TPSA) is 35.8 Å². The molecule has 0 atom stereocenters. The molecule has 0 saturated carbocycles. The monoisotopic (exact) mass is 126 g/mol. The van der Waals surface area contributed by atoms with E-state index in [0.717, 1.165) is 0 Å². The maximum Gasteiger partial charge on any atom is 0.0843 e. The van der Waals surface area contributed by atoms with Crippen molar-refractivity contribution >= 4 is 0 Å². The van der Waals surface area contributed by atoms with E-state index >= 15 is 0 Å². The summed E-state index contributed by atoms with van der Waals surface area (Å²) in [6, 6.07) is 1.94. The Morgan fingerprint density at radius 2 is 2.22 bits per heavy atom. The van der Waals surface area contributed by atoms with Gasteiger partial charge in [-0.1, -0.05) is 19.9 Å². The lowest BCUT2D eigenvalue weighted by Gasteiger charge is -1.86. The number of nitrogens with one attached hydrogen (secondary N) is 1. The lowest BCUT2D eigenvalue weighted by molar-refractivity contribution is 0.851. The van der Waals surface area contributed by atoms with Crippen LogP contribution in [0.4, 0.5) is 0 Å². The van der Waals surface area contributed by atoms with Gasteiger partial charge in [0, 0.05) is 6.54 Å². The van der Waals surface area contributed by atoms with E-state index in [0.29, 0.717) is 13.1 Å². The molecule has 0 rings (SSSR count). The SMILES string of the molecule is C=CCNCC#N.CC. The Morgan fingerprint density at radius 1 is 1.67 bits per heavy atom. The molecule has 0 amide bonds. The summed E-state index contributed by atoms with van der Waals surface area (Å²) in [5.41, 5.74) is 0. The van der Waals surface area contributed by atoms with Crippen LogP contribution in [-0.2, 0) is 0 Å². The molecule has 52 valence electrons. The van der Waals surface area contributed by atoms with Crippen LogP contribution >= 0.6 is 0 Å². The fourth-order valence-electron chi connectivity index (χ4n) is 0.230. The summed E-state index contributed by atoms with van der Waals surface area (Å²) >= 11 is 0. The minimum absolute atomic E-state index is 0.409. The van der Waals surface area contributed by atoms with Crippen LogP contribution in [0.15, 0.2) is 12.7 Å². The summed E-state index contributed by atoms with van der Waals surface area (Å²) in [7, 11) is 0. The molecule has 0 unspecified atom stereocenters. The van der Waals surface area contributed by atoms with E-state index in [1.807, 2.05) is 19.9 Å². The average Bonchev–Trinajstić information content (AvgIpc) is 1.94. The molecule has 0 spiro atoms. The Kier molecular flexibility index (Phi) is 19.3. The largest absolute Gasteiger partial charge is 0.301 e. The molecule has 1 N–H and O–H groups in total. The molecular formula is C7H14N2. The van der Waals surface area contributed by atoms with Gasteiger partial charge in [-0.15, -0.1) is 6.58 Å². The minimum Gasteiger partial charge on any atom is -0.301 e. The fourth-order valence-corrected chi connectivity index (χ4v) is 0.230. The molecule has 0 aromatic carbocycles. The lowest BCUT2D eigenvalue weighted by atomic mass is 10.6. The van der Waals surface area contributed by atoms with Crippen LogP contribution in [0.2, 0.25) is 0 Å². The number of hydrogen-bond acceptors (Lipinski definition) is 2. The van der Waals surface area contributed by atoms with Crippen LogP contribution in [0, 0.1) is 11.3 Å². The van der Waals surface area contributed by atoms with Crippen molar-refractivity contribution in [2.75, 3.05) is 13.1 Å². The highest BCUT2D eigenvalue weighted by atomic mass is 14.8. The molecular weight excluding hydrogens is 112 g/mol. The van der Waals surface area contributed by atoms with Crippen LogP contribution in [0.3, 0.4) is 0 Å². The quantitative estimate of drug-likeness (QED) is 0.351. The third-order valence-corrected chi connectivity index (χ3v) is 0.493. The standard InChI is InChI=1S/C5H8N2.C2H6/c1-2-4-7-5-3-6;1-2/h2,7H,1,4-5H2;1-2H3. The van der Waals surface area contributed by atoms with Gasteiger partial charge < -0.3 is 5.32 Å². The summed E-state index contributed by atoms with van der Waals surface area (Å²) in [5, 5.41) is 10.8. The highest BCUT2D eigenvalue weighted by molar-refractivity contribution is 4.77. The van der Waals surface area contributed by atoms with Crippen molar-refractivity contribution in [2.45, 2.75) is 13.8 Å². The molecule has 0 aliphatic rings. The van der Waals surface area contributed by atoms with Crippen LogP contribution in [0.25, 0.3) is 0 Å². The number of rotatable bonds is 3. The Labute approximate surface area is 57.2 Å². The summed E-state index contributed by atoms with van der Waals surface area (Å²) in [6.45, 7) is 8.59. The van der Waals surface area contributed by atoms with Crippen LogP contribution in [0.5, 0.6) is 0 Å². The molecule has 0 bridgehead atoms. The predicted molar refractivity (Wildman–Crippen MR) is 40.0 cm³/mol. The van der Waals surface area contributed by atoms with Crippen molar-refractivity contribution in [1.82, 2.24) is 5.32 Å². The van der Waals surface area contributed by atoms with Crippen molar-refractivity contribution in [3.05, 3.63) is 12.7 Å². The number of nitriles is 1. The Morgan fingerprint density at radius 3 is 2.56 bits per heavy atom. The lowest BCUT2D eigenvalue weighted by Crippen LogP contribution is -2.12. The molecule has 9 heavy (non-hydrogen) atoms. The molecule has 0 aliphatic carbocycles. The summed E-state index contributed by atoms with van der Waals surface area (Å²) in [6.07, 6.45) is 1.72. The first-order chi connectivity index (χ1) is 4.41. The number of nitrogens with zero attached hydrogens (tertiary/aromatic N) is 1. The van der Waals surface area contributed by atoms with Gasteiger partial charge in [0.1, 0.15) is 0 Å². The van der Waals surface area contributed by atoms with Gasteiger partial charge in [-0.2, -0.15) is 5.26 Å². The molecule has 0 aromatic heterocycles. The minimum atomic E-state index is 0.409. The zero-order valence-corrected chi connectivity index (χ0v) is 6.15. The molecule has 0 radical (unpaired) electrons. The summed E-state index contributed by atoms with van der Waals surface area (Å²) < 4.78 is 0. The molecule has 0 heterocycles. The van der Waals surface area contributed by atoms with E-state index in [2.05, 4.69) is 11.9 Å². The Balaban J connectivity index is 0. The first kappa shape index (κ1) is 11.0. The fraction of sp³-hybridized carbons (Fsp3) is 0.571. The number of hydrogen-bond donors (Lipinski definition) is 1. The Hall–Kier alpha value is -0.810. The Bertz CT molecular complexity index is 81.4. The zero-order chi connectivity index (χ0) is 7.54. The van der Waals surface area contributed by atoms with Gasteiger partial charge in [0.05, 0.1) is 12.6 Å². The first-order valence-corrected chi connectivity index (χ1v) is 3.10. The zero-order valence-electron chi connectivity index (χ0n) is 6.15. The van der Waals surface area contributed by atoms with Crippen LogP contribution in [-0.4, -0.2) is 13.1 Å². The van der Waals surface area contributed by atoms with E-state index in [9.17, 15) is 0 Å². The molecule has 0 aliphatic heterocycles. The molecule has 0 aromatic rings. The van der Waals surface area contributed by atoms with Gasteiger partial charge in [0.15, 0.2) is 0 Å². The maximum absolute atomic E-state index is 7.95. The molecule has 0 saturated heterocycles. The highest BCUT2D eigenvalue weighted by Crippen LogP contribution is 1.55. The van der Waals surface area contributed by atoms with E-state index in [1.165, 1.54) is 0 Å². The van der Waals surface area contributed by atoms with E-state index in [4.69, 9.17) is 5.26 Å². The maximum atomic E-state index is 7.95. The average molecular weight is 126 g/mol. The van der Waals surface area contributed by atoms with Crippen molar-refractivity contribution in [3.63, 3.8) is 0 Å².